The van der Waals surface area contributed by atoms with Gasteiger partial charge in [0, 0.05) is 18.7 Å². The van der Waals surface area contributed by atoms with Crippen molar-refractivity contribution in [2.75, 3.05) is 6.54 Å². The second kappa shape index (κ2) is 8.83. The van der Waals surface area contributed by atoms with Crippen LogP contribution in [0.5, 0.6) is 0 Å². The van der Waals surface area contributed by atoms with Crippen molar-refractivity contribution in [3.8, 4) is 0 Å². The Morgan fingerprint density at radius 3 is 2.30 bits per heavy atom. The van der Waals surface area contributed by atoms with E-state index in [0.29, 0.717) is 5.56 Å². The number of ether oxygens (including phenoxy) is 2. The fourth-order valence-electron chi connectivity index (χ4n) is 2.84. The lowest BCUT2D eigenvalue weighted by Crippen LogP contribution is -2.40. The molecule has 1 aliphatic rings. The average Bonchev–Trinajstić information content (AvgIpc) is 3.06. The number of nitrogens with zero attached hydrogens (tertiary/aromatic N) is 2. The molecule has 0 N–H and O–H groups in total. The highest BCUT2D eigenvalue weighted by Crippen LogP contribution is 2.21. The first kappa shape index (κ1) is 20.7. The number of benzene rings is 1. The molecule has 0 radical (unpaired) electrons. The SMILES string of the molecule is CC(C)(C)OC(=O)N(CC(=O)OC1CCCC1)Cc1ccc([N+](=O)[O-])cc1. The van der Waals surface area contributed by atoms with Gasteiger partial charge in [-0.3, -0.25) is 19.8 Å². The third-order valence-corrected chi connectivity index (χ3v) is 4.09. The van der Waals surface area contributed by atoms with E-state index in [9.17, 15) is 19.7 Å². The molecule has 0 aliphatic heterocycles. The second-order valence-corrected chi connectivity index (χ2v) is 7.66. The maximum atomic E-state index is 12.5. The van der Waals surface area contributed by atoms with E-state index in [2.05, 4.69) is 0 Å². The summed E-state index contributed by atoms with van der Waals surface area (Å²) < 4.78 is 10.8. The van der Waals surface area contributed by atoms with E-state index < -0.39 is 22.6 Å². The predicted octanol–water partition coefficient (Wildman–Crippen LogP) is 3.82. The first-order valence-corrected chi connectivity index (χ1v) is 9.05. The Balaban J connectivity index is 2.06. The largest absolute Gasteiger partial charge is 0.461 e. The topological polar surface area (TPSA) is 99.0 Å². The maximum Gasteiger partial charge on any atom is 0.411 e. The number of nitro benzene ring substituents is 1. The van der Waals surface area contributed by atoms with Crippen LogP contribution in [0.2, 0.25) is 0 Å². The van der Waals surface area contributed by atoms with E-state index in [4.69, 9.17) is 9.47 Å². The van der Waals surface area contributed by atoms with E-state index in [1.807, 2.05) is 0 Å². The molecule has 1 fully saturated rings. The summed E-state index contributed by atoms with van der Waals surface area (Å²) in [5.74, 6) is -0.477. The van der Waals surface area contributed by atoms with Gasteiger partial charge in [-0.15, -0.1) is 0 Å². The van der Waals surface area contributed by atoms with Crippen LogP contribution >= 0.6 is 0 Å². The van der Waals surface area contributed by atoms with Crippen LogP contribution < -0.4 is 0 Å². The molecule has 0 unspecified atom stereocenters. The number of rotatable bonds is 6. The molecule has 148 valence electrons. The number of hydrogen-bond donors (Lipinski definition) is 0. The van der Waals surface area contributed by atoms with Gasteiger partial charge >= 0.3 is 12.1 Å². The van der Waals surface area contributed by atoms with E-state index in [1.54, 1.807) is 32.9 Å². The van der Waals surface area contributed by atoms with Crippen LogP contribution in [0.1, 0.15) is 52.0 Å². The van der Waals surface area contributed by atoms with E-state index >= 15 is 0 Å². The molecular weight excluding hydrogens is 352 g/mol. The summed E-state index contributed by atoms with van der Waals surface area (Å²) in [5, 5.41) is 10.8. The van der Waals surface area contributed by atoms with Crippen LogP contribution in [-0.4, -0.2) is 40.1 Å². The molecule has 2 rings (SSSR count). The molecule has 0 aromatic heterocycles. The number of hydrogen-bond acceptors (Lipinski definition) is 6. The Kier molecular flexibility index (Phi) is 6.76. The summed E-state index contributed by atoms with van der Waals surface area (Å²) >= 11 is 0. The molecule has 0 spiro atoms. The normalized spacial score (nSPS) is 14.6. The standard InChI is InChI=1S/C19H26N2O6/c1-19(2,3)27-18(23)20(13-17(22)26-16-6-4-5-7-16)12-14-8-10-15(11-9-14)21(24)25/h8-11,16H,4-7,12-13H2,1-3H3. The van der Waals surface area contributed by atoms with E-state index in [1.165, 1.54) is 17.0 Å². The maximum absolute atomic E-state index is 12.5. The first-order chi connectivity index (χ1) is 12.6. The average molecular weight is 378 g/mol. The number of amides is 1. The third kappa shape index (κ3) is 6.88. The van der Waals surface area contributed by atoms with Gasteiger partial charge in [0.05, 0.1) is 4.92 Å². The summed E-state index contributed by atoms with van der Waals surface area (Å²) in [5.41, 5.74) is -0.0940. The van der Waals surface area contributed by atoms with E-state index in [-0.39, 0.29) is 24.9 Å². The lowest BCUT2D eigenvalue weighted by molar-refractivity contribution is -0.384. The zero-order chi connectivity index (χ0) is 20.0. The molecule has 0 atom stereocenters. The highest BCUT2D eigenvalue weighted by atomic mass is 16.6. The van der Waals surface area contributed by atoms with Crippen molar-refractivity contribution in [1.82, 2.24) is 4.90 Å². The minimum Gasteiger partial charge on any atom is -0.461 e. The third-order valence-electron chi connectivity index (χ3n) is 4.09. The van der Waals surface area contributed by atoms with Gasteiger partial charge in [-0.25, -0.2) is 4.79 Å². The zero-order valence-corrected chi connectivity index (χ0v) is 16.0. The fraction of sp³-hybridized carbons (Fsp3) is 0.579. The minimum absolute atomic E-state index is 0.0387. The number of nitro groups is 1. The molecule has 0 bridgehead atoms. The van der Waals surface area contributed by atoms with Crippen LogP contribution in [0.15, 0.2) is 24.3 Å². The Morgan fingerprint density at radius 1 is 1.19 bits per heavy atom. The molecule has 1 saturated carbocycles. The molecule has 1 aromatic carbocycles. The quantitative estimate of drug-likeness (QED) is 0.424. The Labute approximate surface area is 158 Å². The zero-order valence-electron chi connectivity index (χ0n) is 16.0. The summed E-state index contributed by atoms with van der Waals surface area (Å²) in [6.45, 7) is 5.08. The van der Waals surface area contributed by atoms with Crippen molar-refractivity contribution < 1.29 is 24.0 Å². The van der Waals surface area contributed by atoms with Crippen molar-refractivity contribution in [1.29, 1.82) is 0 Å². The second-order valence-electron chi connectivity index (χ2n) is 7.66. The molecule has 1 amide bonds. The van der Waals surface area contributed by atoms with Crippen molar-refractivity contribution in [2.45, 2.75) is 64.7 Å². The van der Waals surface area contributed by atoms with Crippen molar-refractivity contribution in [3.05, 3.63) is 39.9 Å². The fourth-order valence-corrected chi connectivity index (χ4v) is 2.84. The molecule has 1 aromatic rings. The summed E-state index contributed by atoms with van der Waals surface area (Å²) in [4.78, 5) is 36.3. The molecule has 8 nitrogen and oxygen atoms in total. The van der Waals surface area contributed by atoms with E-state index in [0.717, 1.165) is 25.7 Å². The van der Waals surface area contributed by atoms with Crippen LogP contribution in [0.25, 0.3) is 0 Å². The number of carbonyl (C=O) groups is 2. The summed E-state index contributed by atoms with van der Waals surface area (Å²) in [6, 6.07) is 5.83. The van der Waals surface area contributed by atoms with Gasteiger partial charge in [0.1, 0.15) is 18.2 Å². The molecule has 0 saturated heterocycles. The predicted molar refractivity (Wildman–Crippen MR) is 98.1 cm³/mol. The molecule has 8 heteroatoms. The van der Waals surface area contributed by atoms with Gasteiger partial charge in [-0.2, -0.15) is 0 Å². The number of non-ortho nitro benzene ring substituents is 1. The van der Waals surface area contributed by atoms with Crippen molar-refractivity contribution in [2.24, 2.45) is 0 Å². The Morgan fingerprint density at radius 2 is 1.78 bits per heavy atom. The lowest BCUT2D eigenvalue weighted by Gasteiger charge is -2.27. The minimum atomic E-state index is -0.708. The monoisotopic (exact) mass is 378 g/mol. The molecule has 0 heterocycles. The van der Waals surface area contributed by atoms with Gasteiger partial charge in [0.2, 0.25) is 0 Å². The Hall–Kier alpha value is -2.64. The lowest BCUT2D eigenvalue weighted by atomic mass is 10.2. The first-order valence-electron chi connectivity index (χ1n) is 9.05. The van der Waals surface area contributed by atoms with Crippen LogP contribution in [0.4, 0.5) is 10.5 Å². The number of carbonyl (C=O) groups excluding carboxylic acids is 2. The van der Waals surface area contributed by atoms with Gasteiger partial charge in [-0.1, -0.05) is 12.1 Å². The van der Waals surface area contributed by atoms with Crippen LogP contribution in [0.3, 0.4) is 0 Å². The van der Waals surface area contributed by atoms with Gasteiger partial charge in [-0.05, 0) is 52.0 Å². The smallest absolute Gasteiger partial charge is 0.411 e. The van der Waals surface area contributed by atoms with Crippen molar-refractivity contribution >= 4 is 17.7 Å². The van der Waals surface area contributed by atoms with Gasteiger partial charge < -0.3 is 9.47 Å². The summed E-state index contributed by atoms with van der Waals surface area (Å²) in [7, 11) is 0. The highest BCUT2D eigenvalue weighted by Gasteiger charge is 2.27. The molecular formula is C19H26N2O6. The summed E-state index contributed by atoms with van der Waals surface area (Å²) in [6.07, 6.45) is 3.05. The molecule has 1 aliphatic carbocycles. The van der Waals surface area contributed by atoms with Crippen LogP contribution in [0, 0.1) is 10.1 Å². The highest BCUT2D eigenvalue weighted by molar-refractivity contribution is 5.78. The number of esters is 1. The van der Waals surface area contributed by atoms with Crippen molar-refractivity contribution in [3.63, 3.8) is 0 Å². The Bertz CT molecular complexity index is 674. The van der Waals surface area contributed by atoms with Crippen LogP contribution in [-0.2, 0) is 20.8 Å². The van der Waals surface area contributed by atoms with Gasteiger partial charge in [0.15, 0.2) is 0 Å². The molecule has 27 heavy (non-hydrogen) atoms. The van der Waals surface area contributed by atoms with Gasteiger partial charge in [0.25, 0.3) is 5.69 Å².